The molecule has 0 aliphatic carbocycles. The Morgan fingerprint density at radius 1 is 1.16 bits per heavy atom. The van der Waals surface area contributed by atoms with Crippen molar-refractivity contribution in [2.45, 2.75) is 12.6 Å². The van der Waals surface area contributed by atoms with Crippen molar-refractivity contribution in [3.8, 4) is 5.69 Å². The van der Waals surface area contributed by atoms with Crippen molar-refractivity contribution in [2.75, 3.05) is 18.9 Å². The second-order valence-electron chi connectivity index (χ2n) is 6.59. The molecule has 0 aliphatic rings. The fourth-order valence-corrected chi connectivity index (χ4v) is 2.90. The van der Waals surface area contributed by atoms with Gasteiger partial charge in [-0.1, -0.05) is 23.7 Å². The van der Waals surface area contributed by atoms with Gasteiger partial charge in [-0.05, 0) is 46.3 Å². The number of hydrogen-bond acceptors (Lipinski definition) is 5. The average Bonchev–Trinajstić information content (AvgIpc) is 3.24. The molecule has 0 unspecified atom stereocenters. The quantitative estimate of drug-likeness (QED) is 0.620. The van der Waals surface area contributed by atoms with E-state index in [-0.39, 0.29) is 24.6 Å². The fraction of sp³-hybridized carbons (Fsp3) is 0.211. The van der Waals surface area contributed by atoms with Crippen LogP contribution in [0.2, 0.25) is 5.02 Å². The second kappa shape index (κ2) is 9.13. The van der Waals surface area contributed by atoms with Gasteiger partial charge in [0, 0.05) is 12.7 Å². The number of aromatic nitrogens is 4. The molecule has 1 N–H and O–H groups in total. The summed E-state index contributed by atoms with van der Waals surface area (Å²) in [5.41, 5.74) is 0.305. The van der Waals surface area contributed by atoms with Gasteiger partial charge in [0.1, 0.15) is 6.33 Å². The van der Waals surface area contributed by atoms with Gasteiger partial charge in [0.05, 0.1) is 29.2 Å². The number of nitrogens with one attached hydrogen (secondary N) is 1. The second-order valence-corrected chi connectivity index (χ2v) is 7.00. The number of tetrazole rings is 1. The molecule has 12 heteroatoms. The predicted molar refractivity (Wildman–Crippen MR) is 106 cm³/mol. The van der Waals surface area contributed by atoms with E-state index >= 15 is 0 Å². The van der Waals surface area contributed by atoms with E-state index in [1.165, 1.54) is 29.0 Å². The number of rotatable bonds is 6. The molecule has 3 rings (SSSR count). The van der Waals surface area contributed by atoms with Crippen LogP contribution in [0.25, 0.3) is 5.69 Å². The third kappa shape index (κ3) is 5.79. The van der Waals surface area contributed by atoms with Crippen LogP contribution in [0, 0.1) is 0 Å². The first-order valence-electron chi connectivity index (χ1n) is 8.86. The number of carbonyl (C=O) groups is 2. The topological polar surface area (TPSA) is 93.0 Å². The van der Waals surface area contributed by atoms with Crippen LogP contribution in [0.3, 0.4) is 0 Å². The molecule has 1 aromatic heterocycles. The maximum absolute atomic E-state index is 12.9. The Balaban J connectivity index is 1.56. The minimum absolute atomic E-state index is 0.0405. The van der Waals surface area contributed by atoms with Crippen molar-refractivity contribution >= 4 is 29.1 Å². The number of benzene rings is 2. The minimum Gasteiger partial charge on any atom is -0.336 e. The number of anilines is 1. The highest BCUT2D eigenvalue weighted by Gasteiger charge is 2.33. The first-order valence-corrected chi connectivity index (χ1v) is 9.24. The molecule has 0 fully saturated rings. The lowest BCUT2D eigenvalue weighted by atomic mass is 10.1. The van der Waals surface area contributed by atoms with Gasteiger partial charge in [-0.3, -0.25) is 9.59 Å². The Kier molecular flexibility index (Phi) is 6.54. The number of amides is 2. The van der Waals surface area contributed by atoms with Crippen LogP contribution in [0.1, 0.15) is 11.1 Å². The van der Waals surface area contributed by atoms with Crippen LogP contribution in [0.4, 0.5) is 18.9 Å². The largest absolute Gasteiger partial charge is 0.417 e. The molecule has 2 amide bonds. The summed E-state index contributed by atoms with van der Waals surface area (Å²) >= 11 is 5.56. The molecule has 0 atom stereocenters. The van der Waals surface area contributed by atoms with E-state index in [4.69, 9.17) is 11.6 Å². The molecule has 162 valence electrons. The molecule has 0 bridgehead atoms. The molecule has 3 aromatic rings. The standard InChI is InChI=1S/C19H16ClF3N6O2/c1-28(10-17(30)25-13-4-7-16(20)15(9-13)19(21,22)23)18(31)8-12-2-5-14(6-3-12)29-11-24-26-27-29/h2-7,9,11H,8,10H2,1H3,(H,25,30). The molecule has 8 nitrogen and oxygen atoms in total. The van der Waals surface area contributed by atoms with Crippen LogP contribution in [-0.4, -0.2) is 50.5 Å². The highest BCUT2D eigenvalue weighted by molar-refractivity contribution is 6.31. The van der Waals surface area contributed by atoms with Gasteiger partial charge in [0.2, 0.25) is 11.8 Å². The lowest BCUT2D eigenvalue weighted by Gasteiger charge is -2.17. The Morgan fingerprint density at radius 3 is 2.48 bits per heavy atom. The van der Waals surface area contributed by atoms with Crippen LogP contribution >= 0.6 is 11.6 Å². The van der Waals surface area contributed by atoms with E-state index in [1.807, 2.05) is 0 Å². The monoisotopic (exact) mass is 452 g/mol. The van der Waals surface area contributed by atoms with Crippen molar-refractivity contribution in [1.82, 2.24) is 25.1 Å². The van der Waals surface area contributed by atoms with E-state index in [1.54, 1.807) is 24.3 Å². The van der Waals surface area contributed by atoms with Gasteiger partial charge in [-0.25, -0.2) is 4.68 Å². The summed E-state index contributed by atoms with van der Waals surface area (Å²) in [5.74, 6) is -0.974. The molecule has 0 saturated carbocycles. The maximum atomic E-state index is 12.9. The van der Waals surface area contributed by atoms with Crippen molar-refractivity contribution in [1.29, 1.82) is 0 Å². The summed E-state index contributed by atoms with van der Waals surface area (Å²) in [6, 6.07) is 9.99. The minimum atomic E-state index is -4.65. The van der Waals surface area contributed by atoms with Crippen LogP contribution in [-0.2, 0) is 22.2 Å². The zero-order chi connectivity index (χ0) is 22.6. The zero-order valence-corrected chi connectivity index (χ0v) is 16.9. The number of likely N-dealkylation sites (N-methyl/N-ethyl adjacent to an activating group) is 1. The van der Waals surface area contributed by atoms with Gasteiger partial charge in [0.15, 0.2) is 0 Å². The van der Waals surface area contributed by atoms with Gasteiger partial charge in [-0.2, -0.15) is 13.2 Å². The van der Waals surface area contributed by atoms with Crippen molar-refractivity contribution in [3.05, 3.63) is 64.9 Å². The molecule has 0 aliphatic heterocycles. The molecule has 1 heterocycles. The van der Waals surface area contributed by atoms with Crippen molar-refractivity contribution in [2.24, 2.45) is 0 Å². The summed E-state index contributed by atoms with van der Waals surface area (Å²) in [6.45, 7) is -0.328. The summed E-state index contributed by atoms with van der Waals surface area (Å²) in [7, 11) is 1.43. The maximum Gasteiger partial charge on any atom is 0.417 e. The first-order chi connectivity index (χ1) is 14.6. The van der Waals surface area contributed by atoms with E-state index < -0.39 is 22.7 Å². The molecule has 0 spiro atoms. The van der Waals surface area contributed by atoms with Crippen LogP contribution in [0.5, 0.6) is 0 Å². The summed E-state index contributed by atoms with van der Waals surface area (Å²) in [5, 5.41) is 12.7. The Hall–Kier alpha value is -3.47. The summed E-state index contributed by atoms with van der Waals surface area (Å²) in [4.78, 5) is 25.7. The highest BCUT2D eigenvalue weighted by Crippen LogP contribution is 2.36. The van der Waals surface area contributed by atoms with Crippen molar-refractivity contribution in [3.63, 3.8) is 0 Å². The fourth-order valence-electron chi connectivity index (χ4n) is 2.68. The molecule has 0 saturated heterocycles. The van der Waals surface area contributed by atoms with Crippen molar-refractivity contribution < 1.29 is 22.8 Å². The normalized spacial score (nSPS) is 11.3. The number of nitrogens with zero attached hydrogens (tertiary/aromatic N) is 5. The van der Waals surface area contributed by atoms with Gasteiger partial charge >= 0.3 is 6.18 Å². The SMILES string of the molecule is CN(CC(=O)Nc1ccc(Cl)c(C(F)(F)F)c1)C(=O)Cc1ccc(-n2cnnn2)cc1. The van der Waals surface area contributed by atoms with Gasteiger partial charge in [0.25, 0.3) is 0 Å². The molecular weight excluding hydrogens is 437 g/mol. The summed E-state index contributed by atoms with van der Waals surface area (Å²) in [6.07, 6.45) is -3.17. The van der Waals surface area contributed by atoms with E-state index in [2.05, 4.69) is 20.8 Å². The molecule has 2 aromatic carbocycles. The number of carbonyl (C=O) groups excluding carboxylic acids is 2. The highest BCUT2D eigenvalue weighted by atomic mass is 35.5. The van der Waals surface area contributed by atoms with E-state index in [0.29, 0.717) is 5.56 Å². The number of hydrogen-bond donors (Lipinski definition) is 1. The van der Waals surface area contributed by atoms with Crippen LogP contribution in [0.15, 0.2) is 48.8 Å². The number of halogens is 4. The first kappa shape index (κ1) is 22.2. The van der Waals surface area contributed by atoms with Gasteiger partial charge in [-0.15, -0.1) is 5.10 Å². The average molecular weight is 453 g/mol. The molecular formula is C19H16ClF3N6O2. The third-order valence-electron chi connectivity index (χ3n) is 4.27. The lowest BCUT2D eigenvalue weighted by molar-refractivity contribution is -0.137. The summed E-state index contributed by atoms with van der Waals surface area (Å²) < 4.78 is 40.3. The predicted octanol–water partition coefficient (Wildman–Crippen LogP) is 2.97. The molecule has 0 radical (unpaired) electrons. The lowest BCUT2D eigenvalue weighted by Crippen LogP contribution is -2.35. The third-order valence-corrected chi connectivity index (χ3v) is 4.60. The number of alkyl halides is 3. The zero-order valence-electron chi connectivity index (χ0n) is 16.1. The Morgan fingerprint density at radius 2 is 1.87 bits per heavy atom. The van der Waals surface area contributed by atoms with Crippen LogP contribution < -0.4 is 5.32 Å². The smallest absolute Gasteiger partial charge is 0.336 e. The Labute approximate surface area is 179 Å². The van der Waals surface area contributed by atoms with E-state index in [9.17, 15) is 22.8 Å². The Bertz CT molecular complexity index is 1070. The van der Waals surface area contributed by atoms with E-state index in [0.717, 1.165) is 17.8 Å². The van der Waals surface area contributed by atoms with Gasteiger partial charge < -0.3 is 10.2 Å². The molecule has 31 heavy (non-hydrogen) atoms.